The van der Waals surface area contributed by atoms with E-state index < -0.39 is 8.56 Å². The van der Waals surface area contributed by atoms with Crippen LogP contribution in [0.1, 0.15) is 26.3 Å². The maximum absolute atomic E-state index is 11.2. The van der Waals surface area contributed by atoms with Crippen molar-refractivity contribution in [1.29, 1.82) is 0 Å². The quantitative estimate of drug-likeness (QED) is 0.874. The highest BCUT2D eigenvalue weighted by Gasteiger charge is 2.48. The first-order valence-electron chi connectivity index (χ1n) is 6.89. The molecule has 0 saturated carbocycles. The summed E-state index contributed by atoms with van der Waals surface area (Å²) in [5.74, 6) is 0. The molecule has 20 heavy (non-hydrogen) atoms. The summed E-state index contributed by atoms with van der Waals surface area (Å²) < 4.78 is 6.06. The van der Waals surface area contributed by atoms with Gasteiger partial charge in [-0.15, -0.1) is 0 Å². The van der Waals surface area contributed by atoms with Crippen molar-refractivity contribution in [3.63, 3.8) is 0 Å². The summed E-state index contributed by atoms with van der Waals surface area (Å²) in [5, 5.41) is 0.631. The highest BCUT2D eigenvalue weighted by atomic mass is 28.4. The third kappa shape index (κ3) is 3.18. The van der Waals surface area contributed by atoms with Crippen LogP contribution in [0, 0.1) is 0 Å². The Balaban J connectivity index is 2.25. The molecule has 0 aliphatic heterocycles. The molecule has 2 aromatic rings. The van der Waals surface area contributed by atoms with Crippen LogP contribution >= 0.6 is 0 Å². The van der Waals surface area contributed by atoms with E-state index in [0.29, 0.717) is 6.61 Å². The minimum Gasteiger partial charge on any atom is -0.407 e. The summed E-state index contributed by atoms with van der Waals surface area (Å²) in [5.41, 5.74) is 1.08. The predicted octanol–water partition coefficient (Wildman–Crippen LogP) is 3.35. The van der Waals surface area contributed by atoms with Crippen molar-refractivity contribution < 1.29 is 9.22 Å². The average Bonchev–Trinajstić information content (AvgIpc) is 2.45. The van der Waals surface area contributed by atoms with E-state index in [4.69, 9.17) is 4.43 Å². The zero-order valence-electron chi connectivity index (χ0n) is 12.3. The minimum atomic E-state index is -3.01. The van der Waals surface area contributed by atoms with Crippen molar-refractivity contribution in [3.8, 4) is 0 Å². The fraction of sp³-hybridized carbons (Fsp3) is 0.294. The lowest BCUT2D eigenvalue weighted by molar-refractivity contribution is 0.208. The van der Waals surface area contributed by atoms with Crippen molar-refractivity contribution in [2.45, 2.75) is 32.4 Å². The van der Waals surface area contributed by atoms with Crippen molar-refractivity contribution in [2.75, 3.05) is 0 Å². The van der Waals surface area contributed by atoms with E-state index in [9.17, 15) is 4.80 Å². The van der Waals surface area contributed by atoms with Gasteiger partial charge in [0.1, 0.15) is 0 Å². The Bertz CT molecular complexity index is 534. The summed E-state index contributed by atoms with van der Waals surface area (Å²) in [4.78, 5) is 11.2. The molecule has 2 aromatic carbocycles. The summed E-state index contributed by atoms with van der Waals surface area (Å²) in [6, 6.07) is 19.8. The van der Waals surface area contributed by atoms with E-state index >= 15 is 0 Å². The van der Waals surface area contributed by atoms with Gasteiger partial charge in [0.15, 0.2) is 0 Å². The minimum absolute atomic E-state index is 0.289. The zero-order valence-corrected chi connectivity index (χ0v) is 13.3. The van der Waals surface area contributed by atoms with E-state index in [1.165, 1.54) is 0 Å². The average molecular weight is 286 g/mol. The molecule has 0 radical (unpaired) electrons. The summed E-state index contributed by atoms with van der Waals surface area (Å²) in [6.45, 7) is 6.56. The van der Waals surface area contributed by atoms with Gasteiger partial charge in [-0.2, -0.15) is 0 Å². The van der Waals surface area contributed by atoms with Crippen molar-refractivity contribution in [1.82, 2.24) is 0 Å². The zero-order chi connectivity index (χ0) is 14.6. The second-order valence-electron chi connectivity index (χ2n) is 6.03. The van der Waals surface area contributed by atoms with Gasteiger partial charge in [0.05, 0.1) is 6.61 Å². The van der Waals surface area contributed by atoms with Crippen molar-refractivity contribution in [2.24, 2.45) is 0 Å². The van der Waals surface area contributed by atoms with E-state index in [1.54, 1.807) is 0 Å². The molecule has 0 aliphatic carbocycles. The molecule has 0 fully saturated rings. The van der Waals surface area contributed by atoms with Crippen LogP contribution in [-0.2, 0) is 11.0 Å². The van der Waals surface area contributed by atoms with E-state index in [2.05, 4.69) is 0 Å². The largest absolute Gasteiger partial charge is 0.407 e. The first kappa shape index (κ1) is 15.0. The van der Waals surface area contributed by atoms with Gasteiger partial charge in [0.2, 0.25) is 0 Å². The predicted molar refractivity (Wildman–Crippen MR) is 85.0 cm³/mol. The lowest BCUT2D eigenvalue weighted by atomic mass is 10.2. The normalized spacial score (nSPS) is 14.8. The summed E-state index contributed by atoms with van der Waals surface area (Å²) in [6.07, 6.45) is 0. The number of hydrogen-bond donors (Lipinski definition) is 1. The maximum atomic E-state index is 11.2. The highest BCUT2D eigenvalue weighted by Crippen LogP contribution is 2.35. The number of rotatable bonds is 4. The molecule has 0 amide bonds. The van der Waals surface area contributed by atoms with E-state index in [1.807, 2.05) is 81.4 Å². The summed E-state index contributed by atoms with van der Waals surface area (Å²) >= 11 is 0. The SMILES string of the molecule is CC(C)(C)[Si@@](O)(OCc1ccccc1)c1ccccc1. The topological polar surface area (TPSA) is 29.5 Å². The van der Waals surface area contributed by atoms with Gasteiger partial charge < -0.3 is 9.22 Å². The first-order valence-corrected chi connectivity index (χ1v) is 8.75. The molecule has 0 unspecified atom stereocenters. The Kier molecular flexibility index (Phi) is 4.43. The fourth-order valence-corrected chi connectivity index (χ4v) is 4.64. The monoisotopic (exact) mass is 286 g/mol. The molecule has 3 heteroatoms. The molecule has 1 atom stereocenters. The standard InChI is InChI=1S/C17H22O2Si/c1-17(2,3)20(18,16-12-8-5-9-13-16)19-14-15-10-6-4-7-11-15/h4-13,18H,14H2,1-3H3/t20-/m0/s1. The fourth-order valence-electron chi connectivity index (χ4n) is 2.16. The van der Waals surface area contributed by atoms with Gasteiger partial charge in [-0.3, -0.25) is 0 Å². The molecule has 0 heterocycles. The summed E-state index contributed by atoms with van der Waals surface area (Å²) in [7, 11) is -3.01. The molecule has 0 aromatic heterocycles. The van der Waals surface area contributed by atoms with E-state index in [0.717, 1.165) is 10.8 Å². The van der Waals surface area contributed by atoms with Gasteiger partial charge in [-0.25, -0.2) is 0 Å². The molecule has 106 valence electrons. The van der Waals surface area contributed by atoms with Crippen molar-refractivity contribution in [3.05, 3.63) is 66.2 Å². The molecular weight excluding hydrogens is 264 g/mol. The molecule has 0 aliphatic rings. The van der Waals surface area contributed by atoms with Gasteiger partial charge in [0.25, 0.3) is 0 Å². The Morgan fingerprint density at radius 2 is 1.40 bits per heavy atom. The third-order valence-corrected chi connectivity index (χ3v) is 7.18. The number of hydrogen-bond acceptors (Lipinski definition) is 2. The second kappa shape index (κ2) is 5.91. The Hall–Kier alpha value is -1.42. The lowest BCUT2D eigenvalue weighted by Gasteiger charge is -2.36. The molecule has 2 rings (SSSR count). The van der Waals surface area contributed by atoms with Crippen molar-refractivity contribution >= 4 is 13.7 Å². The molecule has 0 saturated heterocycles. The van der Waals surface area contributed by atoms with E-state index in [-0.39, 0.29) is 5.04 Å². The highest BCUT2D eigenvalue weighted by molar-refractivity contribution is 6.82. The van der Waals surface area contributed by atoms with Crippen LogP contribution in [0.2, 0.25) is 5.04 Å². The second-order valence-corrected chi connectivity index (χ2v) is 9.69. The smallest absolute Gasteiger partial charge is 0.375 e. The van der Waals surface area contributed by atoms with Gasteiger partial charge in [-0.1, -0.05) is 81.4 Å². The van der Waals surface area contributed by atoms with Crippen LogP contribution in [-0.4, -0.2) is 13.4 Å². The van der Waals surface area contributed by atoms with Crippen LogP contribution in [0.4, 0.5) is 0 Å². The molecule has 1 N–H and O–H groups in total. The van der Waals surface area contributed by atoms with Gasteiger partial charge in [0, 0.05) is 5.04 Å². The van der Waals surface area contributed by atoms with Gasteiger partial charge in [-0.05, 0) is 10.8 Å². The van der Waals surface area contributed by atoms with Crippen LogP contribution in [0.25, 0.3) is 0 Å². The van der Waals surface area contributed by atoms with Crippen LogP contribution in [0.3, 0.4) is 0 Å². The van der Waals surface area contributed by atoms with Crippen LogP contribution in [0.5, 0.6) is 0 Å². The third-order valence-electron chi connectivity index (χ3n) is 3.47. The number of benzene rings is 2. The van der Waals surface area contributed by atoms with Crippen LogP contribution in [0.15, 0.2) is 60.7 Å². The molecule has 0 spiro atoms. The molecule has 0 bridgehead atoms. The molecular formula is C17H22O2Si. The Morgan fingerprint density at radius 1 is 0.900 bits per heavy atom. The van der Waals surface area contributed by atoms with Crippen LogP contribution < -0.4 is 5.19 Å². The maximum Gasteiger partial charge on any atom is 0.375 e. The Labute approximate surface area is 122 Å². The first-order chi connectivity index (χ1) is 9.43. The molecule has 2 nitrogen and oxygen atoms in total. The van der Waals surface area contributed by atoms with Gasteiger partial charge >= 0.3 is 8.56 Å². The Morgan fingerprint density at radius 3 is 1.90 bits per heavy atom. The lowest BCUT2D eigenvalue weighted by Crippen LogP contribution is -2.58.